The Morgan fingerprint density at radius 1 is 1.37 bits per heavy atom. The van der Waals surface area contributed by atoms with Crippen LogP contribution >= 0.6 is 0 Å². The second kappa shape index (κ2) is 7.29. The van der Waals surface area contributed by atoms with Crippen molar-refractivity contribution >= 4 is 5.57 Å². The highest BCUT2D eigenvalue weighted by Gasteiger charge is 2.06. The monoisotopic (exact) mass is 262 g/mol. The summed E-state index contributed by atoms with van der Waals surface area (Å²) in [7, 11) is 0. The van der Waals surface area contributed by atoms with Crippen molar-refractivity contribution in [2.24, 2.45) is 0 Å². The summed E-state index contributed by atoms with van der Waals surface area (Å²) in [6.45, 7) is 12.3. The Balaban J connectivity index is 2.56. The number of nitrogens with zero attached hydrogens (tertiary/aromatic N) is 1. The van der Waals surface area contributed by atoms with Crippen molar-refractivity contribution in [2.75, 3.05) is 13.2 Å². The number of aromatic nitrogens is 1. The number of allylic oxidation sites excluding steroid dienone is 1. The molecule has 0 aliphatic heterocycles. The van der Waals surface area contributed by atoms with Crippen molar-refractivity contribution < 1.29 is 4.74 Å². The standard InChI is InChI=1S/C16H26N2O/c1-6-19-15-10-14(11-17-12-15)13(2)8-7-9-18-16(3,4)5/h8,10-12,18H,6-7,9H2,1-5H3/b13-8+. The van der Waals surface area contributed by atoms with Gasteiger partial charge in [-0.1, -0.05) is 6.08 Å². The molecule has 0 bridgehead atoms. The summed E-state index contributed by atoms with van der Waals surface area (Å²) in [4.78, 5) is 4.21. The van der Waals surface area contributed by atoms with E-state index in [2.05, 4.69) is 44.1 Å². The maximum absolute atomic E-state index is 5.46. The third-order valence-corrected chi connectivity index (χ3v) is 2.73. The summed E-state index contributed by atoms with van der Waals surface area (Å²) in [5, 5.41) is 3.48. The van der Waals surface area contributed by atoms with Gasteiger partial charge in [0, 0.05) is 11.7 Å². The van der Waals surface area contributed by atoms with Crippen LogP contribution in [-0.4, -0.2) is 23.7 Å². The molecule has 0 unspecified atom stereocenters. The summed E-state index contributed by atoms with van der Waals surface area (Å²) < 4.78 is 5.46. The molecule has 0 radical (unpaired) electrons. The Hall–Kier alpha value is -1.35. The van der Waals surface area contributed by atoms with Crippen molar-refractivity contribution in [2.45, 2.75) is 46.6 Å². The van der Waals surface area contributed by atoms with Crippen molar-refractivity contribution in [1.29, 1.82) is 0 Å². The summed E-state index contributed by atoms with van der Waals surface area (Å²) in [5.41, 5.74) is 2.55. The minimum absolute atomic E-state index is 0.179. The molecular formula is C16H26N2O. The van der Waals surface area contributed by atoms with E-state index in [1.165, 1.54) is 5.57 Å². The van der Waals surface area contributed by atoms with E-state index in [0.29, 0.717) is 6.61 Å². The first-order valence-corrected chi connectivity index (χ1v) is 6.92. The predicted molar refractivity (Wildman–Crippen MR) is 81.4 cm³/mol. The molecular weight excluding hydrogens is 236 g/mol. The van der Waals surface area contributed by atoms with Crippen LogP contribution in [0, 0.1) is 0 Å². The Bertz CT molecular complexity index is 419. The van der Waals surface area contributed by atoms with Crippen LogP contribution in [0.3, 0.4) is 0 Å². The van der Waals surface area contributed by atoms with Crippen LogP contribution in [0.2, 0.25) is 0 Å². The molecule has 1 N–H and O–H groups in total. The smallest absolute Gasteiger partial charge is 0.138 e. The molecule has 0 aromatic carbocycles. The molecule has 0 saturated heterocycles. The zero-order valence-corrected chi connectivity index (χ0v) is 12.8. The van der Waals surface area contributed by atoms with E-state index >= 15 is 0 Å². The molecule has 3 nitrogen and oxygen atoms in total. The second-order valence-electron chi connectivity index (χ2n) is 5.69. The Morgan fingerprint density at radius 3 is 2.74 bits per heavy atom. The van der Waals surface area contributed by atoms with E-state index in [4.69, 9.17) is 4.74 Å². The van der Waals surface area contributed by atoms with E-state index in [1.54, 1.807) is 6.20 Å². The lowest BCUT2D eigenvalue weighted by Crippen LogP contribution is -2.36. The van der Waals surface area contributed by atoms with Crippen LogP contribution in [-0.2, 0) is 0 Å². The minimum Gasteiger partial charge on any atom is -0.492 e. The third kappa shape index (κ3) is 6.39. The van der Waals surface area contributed by atoms with E-state index in [9.17, 15) is 0 Å². The number of pyridine rings is 1. The molecule has 0 fully saturated rings. The minimum atomic E-state index is 0.179. The second-order valence-corrected chi connectivity index (χ2v) is 5.69. The van der Waals surface area contributed by atoms with Crippen LogP contribution in [0.5, 0.6) is 5.75 Å². The Labute approximate surface area is 117 Å². The van der Waals surface area contributed by atoms with Crippen LogP contribution < -0.4 is 10.1 Å². The number of hydrogen-bond donors (Lipinski definition) is 1. The molecule has 1 heterocycles. The van der Waals surface area contributed by atoms with Crippen molar-refractivity contribution in [3.63, 3.8) is 0 Å². The fraction of sp³-hybridized carbons (Fsp3) is 0.562. The molecule has 0 aliphatic rings. The van der Waals surface area contributed by atoms with Gasteiger partial charge in [0.1, 0.15) is 5.75 Å². The number of ether oxygens (including phenoxy) is 1. The Kier molecular flexibility index (Phi) is 6.03. The topological polar surface area (TPSA) is 34.1 Å². The van der Waals surface area contributed by atoms with Gasteiger partial charge < -0.3 is 10.1 Å². The Morgan fingerprint density at radius 2 is 2.11 bits per heavy atom. The molecule has 19 heavy (non-hydrogen) atoms. The van der Waals surface area contributed by atoms with Gasteiger partial charge in [0.2, 0.25) is 0 Å². The van der Waals surface area contributed by atoms with Crippen molar-refractivity contribution in [3.8, 4) is 5.75 Å². The highest BCUT2D eigenvalue weighted by Crippen LogP contribution is 2.18. The summed E-state index contributed by atoms with van der Waals surface area (Å²) in [5.74, 6) is 0.834. The van der Waals surface area contributed by atoms with E-state index in [0.717, 1.165) is 24.3 Å². The molecule has 1 aromatic rings. The van der Waals surface area contributed by atoms with Crippen LogP contribution in [0.15, 0.2) is 24.5 Å². The van der Waals surface area contributed by atoms with Gasteiger partial charge in [-0.15, -0.1) is 0 Å². The first kappa shape index (κ1) is 15.7. The molecule has 0 saturated carbocycles. The zero-order valence-electron chi connectivity index (χ0n) is 12.8. The lowest BCUT2D eigenvalue weighted by Gasteiger charge is -2.19. The first-order valence-electron chi connectivity index (χ1n) is 6.92. The van der Waals surface area contributed by atoms with E-state index in [1.807, 2.05) is 19.2 Å². The molecule has 1 rings (SSSR count). The number of hydrogen-bond acceptors (Lipinski definition) is 3. The molecule has 3 heteroatoms. The van der Waals surface area contributed by atoms with Gasteiger partial charge in [-0.25, -0.2) is 0 Å². The molecule has 106 valence electrons. The quantitative estimate of drug-likeness (QED) is 0.794. The fourth-order valence-corrected chi connectivity index (χ4v) is 1.73. The fourth-order valence-electron chi connectivity index (χ4n) is 1.73. The lowest BCUT2D eigenvalue weighted by atomic mass is 10.1. The maximum atomic E-state index is 5.46. The van der Waals surface area contributed by atoms with Crippen LogP contribution in [0.25, 0.3) is 5.57 Å². The molecule has 0 spiro atoms. The van der Waals surface area contributed by atoms with Gasteiger partial charge in [-0.2, -0.15) is 0 Å². The molecule has 1 aromatic heterocycles. The highest BCUT2D eigenvalue weighted by molar-refractivity contribution is 5.63. The summed E-state index contributed by atoms with van der Waals surface area (Å²) in [6.07, 6.45) is 6.89. The summed E-state index contributed by atoms with van der Waals surface area (Å²) >= 11 is 0. The van der Waals surface area contributed by atoms with Gasteiger partial charge in [-0.05, 0) is 64.8 Å². The van der Waals surface area contributed by atoms with Crippen molar-refractivity contribution in [3.05, 3.63) is 30.1 Å². The predicted octanol–water partition coefficient (Wildman–Crippen LogP) is 3.66. The van der Waals surface area contributed by atoms with Crippen molar-refractivity contribution in [1.82, 2.24) is 10.3 Å². The molecule has 0 aliphatic carbocycles. The average Bonchev–Trinajstić information content (AvgIpc) is 2.34. The first-order chi connectivity index (χ1) is 8.92. The highest BCUT2D eigenvalue weighted by atomic mass is 16.5. The maximum Gasteiger partial charge on any atom is 0.138 e. The molecule has 0 atom stereocenters. The lowest BCUT2D eigenvalue weighted by molar-refractivity contribution is 0.339. The summed E-state index contributed by atoms with van der Waals surface area (Å²) in [6, 6.07) is 2.04. The van der Waals surface area contributed by atoms with Gasteiger partial charge in [0.25, 0.3) is 0 Å². The normalized spacial score (nSPS) is 12.6. The third-order valence-electron chi connectivity index (χ3n) is 2.73. The van der Waals surface area contributed by atoms with Crippen LogP contribution in [0.1, 0.15) is 46.6 Å². The number of rotatable bonds is 6. The van der Waals surface area contributed by atoms with E-state index < -0.39 is 0 Å². The van der Waals surface area contributed by atoms with E-state index in [-0.39, 0.29) is 5.54 Å². The van der Waals surface area contributed by atoms with Gasteiger partial charge in [0.05, 0.1) is 12.8 Å². The largest absolute Gasteiger partial charge is 0.492 e. The number of nitrogens with one attached hydrogen (secondary N) is 1. The zero-order chi connectivity index (χ0) is 14.3. The SMILES string of the molecule is CCOc1cncc(/C(C)=C/CCNC(C)(C)C)c1. The molecule has 0 amide bonds. The van der Waals surface area contributed by atoms with Gasteiger partial charge >= 0.3 is 0 Å². The van der Waals surface area contributed by atoms with Gasteiger partial charge in [0.15, 0.2) is 0 Å². The average molecular weight is 262 g/mol. The van der Waals surface area contributed by atoms with Crippen LogP contribution in [0.4, 0.5) is 0 Å². The van der Waals surface area contributed by atoms with Gasteiger partial charge in [-0.3, -0.25) is 4.98 Å².